The predicted molar refractivity (Wildman–Crippen MR) is 105 cm³/mol. The summed E-state index contributed by atoms with van der Waals surface area (Å²) in [6, 6.07) is 4.86. The number of nitrogens with zero attached hydrogens (tertiary/aromatic N) is 3. The Morgan fingerprint density at radius 1 is 1.30 bits per heavy atom. The summed E-state index contributed by atoms with van der Waals surface area (Å²) in [5.41, 5.74) is 0.564. The first kappa shape index (κ1) is 23.4. The molecule has 1 aromatic carbocycles. The lowest BCUT2D eigenvalue weighted by Crippen LogP contribution is -2.50. The minimum Gasteiger partial charge on any atom is -0.435 e. The summed E-state index contributed by atoms with van der Waals surface area (Å²) in [5, 5.41) is -0.183. The average molecular weight is 446 g/mol. The van der Waals surface area contributed by atoms with Crippen molar-refractivity contribution >= 4 is 35.4 Å². The Balaban J connectivity index is 2.40. The van der Waals surface area contributed by atoms with Gasteiger partial charge >= 0.3 is 6.61 Å². The van der Waals surface area contributed by atoms with Gasteiger partial charge < -0.3 is 14.4 Å². The molecule has 30 heavy (non-hydrogen) atoms. The van der Waals surface area contributed by atoms with E-state index in [2.05, 4.69) is 9.72 Å². The first-order valence-corrected chi connectivity index (χ1v) is 8.94. The van der Waals surface area contributed by atoms with Crippen LogP contribution in [-0.2, 0) is 14.3 Å². The number of carbonyl (C=O) groups is 2. The predicted octanol–water partition coefficient (Wildman–Crippen LogP) is 3.42. The Bertz CT molecular complexity index is 917. The van der Waals surface area contributed by atoms with Crippen LogP contribution in [0.25, 0.3) is 0 Å². The van der Waals surface area contributed by atoms with Gasteiger partial charge in [0.25, 0.3) is 5.91 Å². The molecule has 7 nitrogen and oxygen atoms in total. The maximum absolute atomic E-state index is 13.4. The third-order valence-corrected chi connectivity index (χ3v) is 4.37. The second kappa shape index (κ2) is 10.3. The smallest absolute Gasteiger partial charge is 0.387 e. The summed E-state index contributed by atoms with van der Waals surface area (Å²) in [6.45, 7) is -1.78. The topological polar surface area (TPSA) is 72.0 Å². The van der Waals surface area contributed by atoms with Crippen molar-refractivity contribution in [2.24, 2.45) is 0 Å². The monoisotopic (exact) mass is 445 g/mol. The largest absolute Gasteiger partial charge is 0.435 e. The van der Waals surface area contributed by atoms with Crippen LogP contribution >= 0.6 is 11.6 Å². The van der Waals surface area contributed by atoms with E-state index in [0.717, 1.165) is 21.9 Å². The van der Waals surface area contributed by atoms with Gasteiger partial charge in [0.1, 0.15) is 23.4 Å². The average Bonchev–Trinajstić information content (AvgIpc) is 2.68. The first-order valence-electron chi connectivity index (χ1n) is 8.56. The van der Waals surface area contributed by atoms with Gasteiger partial charge in [-0.05, 0) is 25.1 Å². The minimum atomic E-state index is -3.07. The fourth-order valence-corrected chi connectivity index (χ4v) is 2.86. The maximum atomic E-state index is 13.4. The van der Waals surface area contributed by atoms with Crippen molar-refractivity contribution in [1.82, 2.24) is 4.98 Å². The number of aryl methyl sites for hydroxylation is 1. The van der Waals surface area contributed by atoms with Crippen LogP contribution < -0.4 is 14.5 Å². The SMILES string of the molecule is COCC(C(=O)N(C)c1ccc(F)c(Cl)c1)N(C=O)c1cc(OC(F)F)cc(C)n1. The molecule has 0 saturated carbocycles. The molecule has 1 atom stereocenters. The maximum Gasteiger partial charge on any atom is 0.387 e. The van der Waals surface area contributed by atoms with Crippen molar-refractivity contribution in [1.29, 1.82) is 0 Å². The fraction of sp³-hybridized carbons (Fsp3) is 0.316. The molecule has 0 radical (unpaired) electrons. The molecule has 0 N–H and O–H groups in total. The Kier molecular flexibility index (Phi) is 8.01. The second-order valence-corrected chi connectivity index (χ2v) is 6.57. The lowest BCUT2D eigenvalue weighted by molar-refractivity contribution is -0.122. The van der Waals surface area contributed by atoms with Gasteiger partial charge in [-0.25, -0.2) is 9.37 Å². The number of rotatable bonds is 9. The molecule has 0 bridgehead atoms. The summed E-state index contributed by atoms with van der Waals surface area (Å²) < 4.78 is 48.0. The zero-order chi connectivity index (χ0) is 22.4. The van der Waals surface area contributed by atoms with Crippen molar-refractivity contribution in [3.05, 3.63) is 46.9 Å². The number of hydrogen-bond acceptors (Lipinski definition) is 5. The number of benzene rings is 1. The number of ether oxygens (including phenoxy) is 2. The molecule has 2 aromatic rings. The lowest BCUT2D eigenvalue weighted by atomic mass is 10.2. The van der Waals surface area contributed by atoms with E-state index in [0.29, 0.717) is 6.41 Å². The van der Waals surface area contributed by atoms with Gasteiger partial charge in [0.2, 0.25) is 6.41 Å². The van der Waals surface area contributed by atoms with Crippen LogP contribution in [0.2, 0.25) is 5.02 Å². The molecule has 0 saturated heterocycles. The number of halogens is 4. The molecule has 1 unspecified atom stereocenters. The van der Waals surface area contributed by atoms with Crippen LogP contribution in [0.3, 0.4) is 0 Å². The highest BCUT2D eigenvalue weighted by molar-refractivity contribution is 6.31. The molecule has 2 amide bonds. The number of hydrogen-bond donors (Lipinski definition) is 0. The van der Waals surface area contributed by atoms with E-state index >= 15 is 0 Å². The van der Waals surface area contributed by atoms with Gasteiger partial charge in [-0.3, -0.25) is 14.5 Å². The first-order chi connectivity index (χ1) is 14.2. The zero-order valence-electron chi connectivity index (χ0n) is 16.3. The number of carbonyl (C=O) groups excluding carboxylic acids is 2. The summed E-state index contributed by atoms with van der Waals surface area (Å²) in [5.74, 6) is -1.56. The number of likely N-dealkylation sites (N-methyl/N-ethyl adjacent to an activating group) is 1. The molecule has 0 aliphatic rings. The number of aromatic nitrogens is 1. The molecule has 0 fully saturated rings. The van der Waals surface area contributed by atoms with Gasteiger partial charge in [0.15, 0.2) is 0 Å². The van der Waals surface area contributed by atoms with E-state index in [9.17, 15) is 22.8 Å². The third kappa shape index (κ3) is 5.61. The quantitative estimate of drug-likeness (QED) is 0.553. The van der Waals surface area contributed by atoms with Gasteiger partial charge in [0, 0.05) is 37.7 Å². The zero-order valence-corrected chi connectivity index (χ0v) is 17.1. The molecular weight excluding hydrogens is 427 g/mol. The van der Waals surface area contributed by atoms with Crippen LogP contribution in [0.1, 0.15) is 5.69 Å². The minimum absolute atomic E-state index is 0.0819. The van der Waals surface area contributed by atoms with E-state index in [1.54, 1.807) is 0 Å². The van der Waals surface area contributed by atoms with E-state index in [4.69, 9.17) is 16.3 Å². The summed E-state index contributed by atoms with van der Waals surface area (Å²) in [7, 11) is 2.74. The molecular formula is C19H19ClF3N3O4. The Morgan fingerprint density at radius 2 is 2.00 bits per heavy atom. The van der Waals surface area contributed by atoms with Gasteiger partial charge in [0.05, 0.1) is 11.6 Å². The summed E-state index contributed by atoms with van der Waals surface area (Å²) in [6.07, 6.45) is 0.334. The Morgan fingerprint density at radius 3 is 2.57 bits per heavy atom. The molecule has 1 heterocycles. The molecule has 0 aliphatic carbocycles. The third-order valence-electron chi connectivity index (χ3n) is 4.08. The van der Waals surface area contributed by atoms with E-state index in [1.807, 2.05) is 0 Å². The second-order valence-electron chi connectivity index (χ2n) is 6.16. The number of amides is 2. The van der Waals surface area contributed by atoms with Crippen molar-refractivity contribution in [3.63, 3.8) is 0 Å². The number of methoxy groups -OCH3 is 1. The molecule has 0 spiro atoms. The van der Waals surface area contributed by atoms with Crippen molar-refractivity contribution in [2.45, 2.75) is 19.6 Å². The lowest BCUT2D eigenvalue weighted by Gasteiger charge is -2.30. The van der Waals surface area contributed by atoms with Crippen LogP contribution in [0.5, 0.6) is 5.75 Å². The highest BCUT2D eigenvalue weighted by atomic mass is 35.5. The van der Waals surface area contributed by atoms with Crippen molar-refractivity contribution in [3.8, 4) is 5.75 Å². The number of anilines is 2. The van der Waals surface area contributed by atoms with Crippen molar-refractivity contribution in [2.75, 3.05) is 30.6 Å². The molecule has 1 aromatic heterocycles. The van der Waals surface area contributed by atoms with Crippen LogP contribution in [0, 0.1) is 12.7 Å². The van der Waals surface area contributed by atoms with E-state index in [1.165, 1.54) is 39.3 Å². The molecule has 2 rings (SSSR count). The summed E-state index contributed by atoms with van der Waals surface area (Å²) >= 11 is 5.78. The number of pyridine rings is 1. The fourth-order valence-electron chi connectivity index (χ4n) is 2.68. The van der Waals surface area contributed by atoms with E-state index < -0.39 is 24.4 Å². The highest BCUT2D eigenvalue weighted by Gasteiger charge is 2.31. The normalized spacial score (nSPS) is 11.9. The standard InChI is InChI=1S/C19H19ClF3N3O4/c1-11-6-13(30-19(22)23)8-17(24-11)26(10-27)16(9-29-3)18(28)25(2)12-4-5-15(21)14(20)7-12/h4-8,10,16,19H,9H2,1-3H3. The van der Waals surface area contributed by atoms with E-state index in [-0.39, 0.29) is 34.6 Å². The highest BCUT2D eigenvalue weighted by Crippen LogP contribution is 2.26. The van der Waals surface area contributed by atoms with Gasteiger partial charge in [-0.1, -0.05) is 11.6 Å². The molecule has 162 valence electrons. The summed E-state index contributed by atoms with van der Waals surface area (Å²) in [4.78, 5) is 31.1. The Labute approximate surface area is 175 Å². The Hall–Kier alpha value is -2.85. The van der Waals surface area contributed by atoms with Gasteiger partial charge in [-0.15, -0.1) is 0 Å². The van der Waals surface area contributed by atoms with Crippen molar-refractivity contribution < 1.29 is 32.2 Å². The number of alkyl halides is 2. The van der Waals surface area contributed by atoms with Crippen LogP contribution in [0.15, 0.2) is 30.3 Å². The van der Waals surface area contributed by atoms with Crippen LogP contribution in [-0.4, -0.2) is 50.7 Å². The van der Waals surface area contributed by atoms with Gasteiger partial charge in [-0.2, -0.15) is 8.78 Å². The molecule has 0 aliphatic heterocycles. The molecule has 11 heteroatoms. The van der Waals surface area contributed by atoms with Crippen LogP contribution in [0.4, 0.5) is 24.7 Å².